The van der Waals surface area contributed by atoms with Crippen LogP contribution in [0.25, 0.3) is 0 Å². The maximum absolute atomic E-state index is 12.0. The number of hydrogen-bond acceptors (Lipinski definition) is 3. The van der Waals surface area contributed by atoms with E-state index >= 15 is 0 Å². The number of ether oxygens (including phenoxy) is 1. The highest BCUT2D eigenvalue weighted by Crippen LogP contribution is 2.28. The molecule has 116 valence electrons. The molecule has 0 unspecified atom stereocenters. The molecular formula is C16H23ClN2O2. The van der Waals surface area contributed by atoms with Crippen LogP contribution in [-0.4, -0.2) is 37.0 Å². The van der Waals surface area contributed by atoms with Gasteiger partial charge < -0.3 is 15.0 Å². The maximum atomic E-state index is 12.0. The van der Waals surface area contributed by atoms with Crippen LogP contribution in [-0.2, 0) is 11.3 Å². The Morgan fingerprint density at radius 3 is 2.86 bits per heavy atom. The predicted octanol–water partition coefficient (Wildman–Crippen LogP) is 2.84. The third-order valence-corrected chi connectivity index (χ3v) is 3.89. The Labute approximate surface area is 131 Å². The molecule has 1 fully saturated rings. The van der Waals surface area contributed by atoms with Crippen LogP contribution in [0.15, 0.2) is 18.2 Å². The third kappa shape index (κ3) is 4.61. The molecule has 1 heterocycles. The monoisotopic (exact) mass is 310 g/mol. The van der Waals surface area contributed by atoms with Crippen LogP contribution in [0.3, 0.4) is 0 Å². The van der Waals surface area contributed by atoms with E-state index in [2.05, 4.69) is 12.2 Å². The number of hydrogen-bond donors (Lipinski definition) is 1. The van der Waals surface area contributed by atoms with Gasteiger partial charge in [-0.05, 0) is 31.9 Å². The van der Waals surface area contributed by atoms with E-state index in [9.17, 15) is 4.79 Å². The average Bonchev–Trinajstić information content (AvgIpc) is 3.01. The Kier molecular flexibility index (Phi) is 6.33. The summed E-state index contributed by atoms with van der Waals surface area (Å²) in [5.74, 6) is 0.662. The van der Waals surface area contributed by atoms with E-state index in [1.807, 2.05) is 17.0 Å². The number of amides is 1. The highest BCUT2D eigenvalue weighted by molar-refractivity contribution is 6.32. The fourth-order valence-electron chi connectivity index (χ4n) is 2.45. The molecule has 1 saturated heterocycles. The zero-order valence-corrected chi connectivity index (χ0v) is 13.3. The van der Waals surface area contributed by atoms with E-state index < -0.39 is 0 Å². The number of para-hydroxylation sites is 1. The summed E-state index contributed by atoms with van der Waals surface area (Å²) in [6, 6.07) is 5.67. The normalized spacial score (nSPS) is 14.5. The van der Waals surface area contributed by atoms with Crippen molar-refractivity contribution >= 4 is 17.5 Å². The first-order valence-corrected chi connectivity index (χ1v) is 7.99. The molecule has 1 N–H and O–H groups in total. The number of nitrogens with zero attached hydrogens (tertiary/aromatic N) is 1. The van der Waals surface area contributed by atoms with Crippen molar-refractivity contribution in [3.63, 3.8) is 0 Å². The van der Waals surface area contributed by atoms with E-state index in [0.29, 0.717) is 17.3 Å². The number of rotatable bonds is 7. The van der Waals surface area contributed by atoms with Crippen LogP contribution >= 0.6 is 11.6 Å². The Balaban J connectivity index is 1.95. The quantitative estimate of drug-likeness (QED) is 0.787. The number of halogens is 1. The molecule has 1 amide bonds. The smallest absolute Gasteiger partial charge is 0.260 e. The minimum Gasteiger partial charge on any atom is -0.482 e. The lowest BCUT2D eigenvalue weighted by Gasteiger charge is -2.17. The molecule has 21 heavy (non-hydrogen) atoms. The van der Waals surface area contributed by atoms with Gasteiger partial charge in [0.15, 0.2) is 6.61 Å². The molecule has 0 spiro atoms. The first-order chi connectivity index (χ1) is 10.2. The molecule has 0 bridgehead atoms. The molecule has 1 aromatic rings. The van der Waals surface area contributed by atoms with Crippen molar-refractivity contribution in [2.24, 2.45) is 0 Å². The van der Waals surface area contributed by atoms with Gasteiger partial charge in [-0.2, -0.15) is 0 Å². The molecule has 0 saturated carbocycles. The van der Waals surface area contributed by atoms with Crippen LogP contribution in [0, 0.1) is 0 Å². The van der Waals surface area contributed by atoms with Gasteiger partial charge in [-0.3, -0.25) is 4.79 Å². The summed E-state index contributed by atoms with van der Waals surface area (Å²) < 4.78 is 5.71. The lowest BCUT2D eigenvalue weighted by Crippen LogP contribution is -2.32. The molecule has 1 aliphatic rings. The Bertz CT molecular complexity index is 473. The summed E-state index contributed by atoms with van der Waals surface area (Å²) >= 11 is 6.21. The average molecular weight is 311 g/mol. The van der Waals surface area contributed by atoms with Gasteiger partial charge >= 0.3 is 0 Å². The van der Waals surface area contributed by atoms with Crippen LogP contribution in [0.2, 0.25) is 5.02 Å². The standard InChI is InChI=1S/C16H23ClN2O2/c1-2-8-18-11-13-6-5-7-14(17)16(13)21-12-15(20)19-9-3-4-10-19/h5-7,18H,2-4,8-12H2,1H3. The van der Waals surface area contributed by atoms with Crippen molar-refractivity contribution in [3.8, 4) is 5.75 Å². The SMILES string of the molecule is CCCNCc1cccc(Cl)c1OCC(=O)N1CCCC1. The largest absolute Gasteiger partial charge is 0.482 e. The van der Waals surface area contributed by atoms with E-state index in [0.717, 1.165) is 44.5 Å². The number of nitrogens with one attached hydrogen (secondary N) is 1. The molecule has 5 heteroatoms. The van der Waals surface area contributed by atoms with Gasteiger partial charge in [0.05, 0.1) is 5.02 Å². The highest BCUT2D eigenvalue weighted by Gasteiger charge is 2.19. The Morgan fingerprint density at radius 1 is 1.38 bits per heavy atom. The second kappa shape index (κ2) is 8.25. The van der Waals surface area contributed by atoms with Gasteiger partial charge in [-0.1, -0.05) is 30.7 Å². The minimum absolute atomic E-state index is 0.0416. The zero-order valence-electron chi connectivity index (χ0n) is 12.5. The molecule has 0 atom stereocenters. The second-order valence-electron chi connectivity index (χ2n) is 5.28. The molecule has 0 radical (unpaired) electrons. The molecular weight excluding hydrogens is 288 g/mol. The maximum Gasteiger partial charge on any atom is 0.260 e. The zero-order chi connectivity index (χ0) is 15.1. The van der Waals surface area contributed by atoms with E-state index in [1.54, 1.807) is 6.07 Å². The van der Waals surface area contributed by atoms with Crippen molar-refractivity contribution < 1.29 is 9.53 Å². The summed E-state index contributed by atoms with van der Waals surface area (Å²) in [4.78, 5) is 13.9. The van der Waals surface area contributed by atoms with E-state index in [-0.39, 0.29) is 12.5 Å². The molecule has 0 aliphatic carbocycles. The van der Waals surface area contributed by atoms with Gasteiger partial charge in [-0.15, -0.1) is 0 Å². The summed E-state index contributed by atoms with van der Waals surface area (Å²) in [7, 11) is 0. The van der Waals surface area contributed by atoms with Gasteiger partial charge in [0.1, 0.15) is 5.75 Å². The number of carbonyl (C=O) groups excluding carboxylic acids is 1. The lowest BCUT2D eigenvalue weighted by molar-refractivity contribution is -0.132. The van der Waals surface area contributed by atoms with Crippen LogP contribution in [0.5, 0.6) is 5.75 Å². The molecule has 2 rings (SSSR count). The highest BCUT2D eigenvalue weighted by atomic mass is 35.5. The minimum atomic E-state index is 0.0416. The fourth-order valence-corrected chi connectivity index (χ4v) is 2.69. The van der Waals surface area contributed by atoms with Crippen LogP contribution in [0.4, 0.5) is 0 Å². The third-order valence-electron chi connectivity index (χ3n) is 3.59. The van der Waals surface area contributed by atoms with Gasteiger partial charge in [0, 0.05) is 25.2 Å². The molecule has 4 nitrogen and oxygen atoms in total. The molecule has 0 aromatic heterocycles. The first-order valence-electron chi connectivity index (χ1n) is 7.61. The summed E-state index contributed by atoms with van der Waals surface area (Å²) in [5, 5.41) is 3.88. The van der Waals surface area contributed by atoms with Gasteiger partial charge in [-0.25, -0.2) is 0 Å². The van der Waals surface area contributed by atoms with Crippen molar-refractivity contribution in [1.82, 2.24) is 10.2 Å². The summed E-state index contributed by atoms with van der Waals surface area (Å²) in [5.41, 5.74) is 0.991. The van der Waals surface area contributed by atoms with E-state index in [4.69, 9.17) is 16.3 Å². The second-order valence-corrected chi connectivity index (χ2v) is 5.69. The van der Waals surface area contributed by atoms with Gasteiger partial charge in [0.2, 0.25) is 0 Å². The number of benzene rings is 1. The van der Waals surface area contributed by atoms with Gasteiger partial charge in [0.25, 0.3) is 5.91 Å². The van der Waals surface area contributed by atoms with Crippen molar-refractivity contribution in [2.75, 3.05) is 26.2 Å². The van der Waals surface area contributed by atoms with Crippen molar-refractivity contribution in [1.29, 1.82) is 0 Å². The van der Waals surface area contributed by atoms with Crippen LogP contribution < -0.4 is 10.1 Å². The predicted molar refractivity (Wildman–Crippen MR) is 84.8 cm³/mol. The lowest BCUT2D eigenvalue weighted by atomic mass is 10.2. The fraction of sp³-hybridized carbons (Fsp3) is 0.562. The summed E-state index contributed by atoms with van der Waals surface area (Å²) in [6.45, 7) is 5.51. The Morgan fingerprint density at radius 2 is 2.14 bits per heavy atom. The van der Waals surface area contributed by atoms with Crippen molar-refractivity contribution in [3.05, 3.63) is 28.8 Å². The number of likely N-dealkylation sites (tertiary alicyclic amines) is 1. The Hall–Kier alpha value is -1.26. The first kappa shape index (κ1) is 16.1. The molecule has 1 aliphatic heterocycles. The van der Waals surface area contributed by atoms with Crippen molar-refractivity contribution in [2.45, 2.75) is 32.7 Å². The van der Waals surface area contributed by atoms with Crippen LogP contribution in [0.1, 0.15) is 31.7 Å². The summed E-state index contributed by atoms with van der Waals surface area (Å²) in [6.07, 6.45) is 3.25. The molecule has 1 aromatic carbocycles. The topological polar surface area (TPSA) is 41.6 Å². The van der Waals surface area contributed by atoms with E-state index in [1.165, 1.54) is 0 Å². The number of carbonyl (C=O) groups is 1.